The van der Waals surface area contributed by atoms with Gasteiger partial charge in [0.05, 0.1) is 5.92 Å². The van der Waals surface area contributed by atoms with Crippen LogP contribution in [0, 0.1) is 0 Å². The quantitative estimate of drug-likeness (QED) is 0.904. The van der Waals surface area contributed by atoms with Gasteiger partial charge in [-0.3, -0.25) is 0 Å². The first-order chi connectivity index (χ1) is 9.38. The molecule has 0 amide bonds. The van der Waals surface area contributed by atoms with Gasteiger partial charge in [-0.05, 0) is 43.8 Å². The summed E-state index contributed by atoms with van der Waals surface area (Å²) in [6, 6.07) is 0.514. The van der Waals surface area contributed by atoms with E-state index in [1.165, 1.54) is 38.5 Å². The van der Waals surface area contributed by atoms with Crippen LogP contribution in [0.3, 0.4) is 0 Å². The lowest BCUT2D eigenvalue weighted by atomic mass is 10.0. The molecule has 1 saturated carbocycles. The first-order valence-corrected chi connectivity index (χ1v) is 7.70. The second-order valence-corrected chi connectivity index (χ2v) is 5.68. The maximum atomic E-state index is 5.54. The first kappa shape index (κ1) is 12.9. The van der Waals surface area contributed by atoms with E-state index in [4.69, 9.17) is 4.52 Å². The molecule has 0 bridgehead atoms. The fraction of sp³-hybridized carbons (Fsp3) is 0.857. The lowest BCUT2D eigenvalue weighted by Gasteiger charge is -2.24. The van der Waals surface area contributed by atoms with Crippen molar-refractivity contribution in [2.45, 2.75) is 57.4 Å². The predicted octanol–water partition coefficient (Wildman–Crippen LogP) is 2.31. The van der Waals surface area contributed by atoms with Gasteiger partial charge in [0.1, 0.15) is 0 Å². The van der Waals surface area contributed by atoms with Crippen molar-refractivity contribution in [3.05, 3.63) is 5.89 Å². The number of piperidine rings is 1. The molecule has 0 aromatic carbocycles. The molecule has 0 radical (unpaired) electrons. The van der Waals surface area contributed by atoms with Crippen LogP contribution in [0.1, 0.15) is 57.3 Å². The van der Waals surface area contributed by atoms with Crippen molar-refractivity contribution in [3.63, 3.8) is 0 Å². The SMILES string of the molecule is CCNC1CCCC1c1nc(N2CCCCC2)no1. The van der Waals surface area contributed by atoms with Crippen LogP contribution in [-0.4, -0.2) is 35.8 Å². The molecular weight excluding hydrogens is 240 g/mol. The Hall–Kier alpha value is -1.10. The van der Waals surface area contributed by atoms with Gasteiger partial charge in [0, 0.05) is 19.1 Å². The number of aromatic nitrogens is 2. The highest BCUT2D eigenvalue weighted by Crippen LogP contribution is 2.34. The zero-order valence-corrected chi connectivity index (χ0v) is 11.8. The minimum atomic E-state index is 0.408. The summed E-state index contributed by atoms with van der Waals surface area (Å²) in [5.74, 6) is 2.05. The van der Waals surface area contributed by atoms with Gasteiger partial charge < -0.3 is 14.7 Å². The highest BCUT2D eigenvalue weighted by atomic mass is 16.5. The average Bonchev–Trinajstić information content (AvgIpc) is 3.08. The number of hydrogen-bond acceptors (Lipinski definition) is 5. The van der Waals surface area contributed by atoms with Crippen molar-refractivity contribution in [3.8, 4) is 0 Å². The van der Waals surface area contributed by atoms with Crippen molar-refractivity contribution >= 4 is 5.95 Å². The number of anilines is 1. The predicted molar refractivity (Wildman–Crippen MR) is 74.4 cm³/mol. The van der Waals surface area contributed by atoms with Crippen LogP contribution < -0.4 is 10.2 Å². The molecule has 1 aromatic heterocycles. The van der Waals surface area contributed by atoms with Gasteiger partial charge in [-0.25, -0.2) is 0 Å². The van der Waals surface area contributed by atoms with E-state index in [0.717, 1.165) is 31.5 Å². The highest BCUT2D eigenvalue weighted by Gasteiger charge is 2.32. The maximum absolute atomic E-state index is 5.54. The normalized spacial score (nSPS) is 27.9. The summed E-state index contributed by atoms with van der Waals surface area (Å²) in [4.78, 5) is 6.91. The van der Waals surface area contributed by atoms with E-state index in [1.807, 2.05) is 0 Å². The lowest BCUT2D eigenvalue weighted by Crippen LogP contribution is -2.31. The molecule has 19 heavy (non-hydrogen) atoms. The minimum absolute atomic E-state index is 0.408. The van der Waals surface area contributed by atoms with Crippen LogP contribution in [0.4, 0.5) is 5.95 Å². The Labute approximate surface area is 114 Å². The second-order valence-electron chi connectivity index (χ2n) is 5.68. The second kappa shape index (κ2) is 5.90. The van der Waals surface area contributed by atoms with Crippen LogP contribution in [0.2, 0.25) is 0 Å². The molecule has 5 heteroatoms. The van der Waals surface area contributed by atoms with Crippen LogP contribution in [0.15, 0.2) is 4.52 Å². The Morgan fingerprint density at radius 1 is 1.21 bits per heavy atom. The van der Waals surface area contributed by atoms with E-state index >= 15 is 0 Å². The number of likely N-dealkylation sites (N-methyl/N-ethyl adjacent to an activating group) is 1. The molecule has 1 saturated heterocycles. The van der Waals surface area contributed by atoms with Crippen molar-refractivity contribution in [2.24, 2.45) is 0 Å². The molecule has 0 spiro atoms. The number of nitrogens with one attached hydrogen (secondary N) is 1. The van der Waals surface area contributed by atoms with Crippen molar-refractivity contribution in [1.29, 1.82) is 0 Å². The van der Waals surface area contributed by atoms with Crippen LogP contribution in [0.5, 0.6) is 0 Å². The molecule has 1 aromatic rings. The fourth-order valence-corrected chi connectivity index (χ4v) is 3.36. The Balaban J connectivity index is 1.69. The highest BCUT2D eigenvalue weighted by molar-refractivity contribution is 5.28. The van der Waals surface area contributed by atoms with Gasteiger partial charge in [0.25, 0.3) is 5.95 Å². The molecular formula is C14H24N4O. The zero-order valence-electron chi connectivity index (χ0n) is 11.8. The van der Waals surface area contributed by atoms with Crippen LogP contribution in [0.25, 0.3) is 0 Å². The van der Waals surface area contributed by atoms with Crippen LogP contribution >= 0.6 is 0 Å². The van der Waals surface area contributed by atoms with Crippen LogP contribution in [-0.2, 0) is 0 Å². The molecule has 1 N–H and O–H groups in total. The van der Waals surface area contributed by atoms with Crippen molar-refractivity contribution in [2.75, 3.05) is 24.5 Å². The van der Waals surface area contributed by atoms with E-state index in [1.54, 1.807) is 0 Å². The largest absolute Gasteiger partial charge is 0.338 e. The molecule has 2 aliphatic rings. The smallest absolute Gasteiger partial charge is 0.266 e. The number of hydrogen-bond donors (Lipinski definition) is 1. The molecule has 5 nitrogen and oxygen atoms in total. The van der Waals surface area contributed by atoms with Gasteiger partial charge in [0.15, 0.2) is 0 Å². The Morgan fingerprint density at radius 2 is 2.05 bits per heavy atom. The summed E-state index contributed by atoms with van der Waals surface area (Å²) in [7, 11) is 0. The van der Waals surface area contributed by atoms with E-state index in [9.17, 15) is 0 Å². The third-order valence-corrected chi connectivity index (χ3v) is 4.37. The standard InChI is InChI=1S/C14H24N4O/c1-2-15-12-8-6-7-11(12)13-16-14(17-19-13)18-9-4-3-5-10-18/h11-12,15H,2-10H2,1H3. The van der Waals surface area contributed by atoms with Crippen molar-refractivity contribution in [1.82, 2.24) is 15.5 Å². The van der Waals surface area contributed by atoms with E-state index in [2.05, 4.69) is 27.3 Å². The van der Waals surface area contributed by atoms with Gasteiger partial charge >= 0.3 is 0 Å². The summed E-state index contributed by atoms with van der Waals surface area (Å²) in [6.45, 7) is 5.30. The van der Waals surface area contributed by atoms with Gasteiger partial charge in [-0.1, -0.05) is 13.3 Å². The van der Waals surface area contributed by atoms with E-state index in [0.29, 0.717) is 12.0 Å². The third-order valence-electron chi connectivity index (χ3n) is 4.37. The third kappa shape index (κ3) is 2.76. The monoisotopic (exact) mass is 264 g/mol. The minimum Gasteiger partial charge on any atom is -0.338 e. The summed E-state index contributed by atoms with van der Waals surface area (Å²) in [5.41, 5.74) is 0. The summed E-state index contributed by atoms with van der Waals surface area (Å²) in [5, 5.41) is 7.73. The summed E-state index contributed by atoms with van der Waals surface area (Å²) < 4.78 is 5.54. The number of rotatable bonds is 4. The Kier molecular flexibility index (Phi) is 4.01. The summed E-state index contributed by atoms with van der Waals surface area (Å²) in [6.07, 6.45) is 7.45. The van der Waals surface area contributed by atoms with Gasteiger partial charge in [0.2, 0.25) is 5.89 Å². The van der Waals surface area contributed by atoms with E-state index in [-0.39, 0.29) is 0 Å². The van der Waals surface area contributed by atoms with Crippen molar-refractivity contribution < 1.29 is 4.52 Å². The summed E-state index contributed by atoms with van der Waals surface area (Å²) >= 11 is 0. The zero-order chi connectivity index (χ0) is 13.1. The molecule has 106 valence electrons. The molecule has 2 fully saturated rings. The molecule has 1 aliphatic carbocycles. The molecule has 2 heterocycles. The topological polar surface area (TPSA) is 54.2 Å². The Bertz CT molecular complexity index is 400. The number of nitrogens with zero attached hydrogens (tertiary/aromatic N) is 3. The lowest BCUT2D eigenvalue weighted by molar-refractivity contribution is 0.331. The first-order valence-electron chi connectivity index (χ1n) is 7.70. The molecule has 2 unspecified atom stereocenters. The maximum Gasteiger partial charge on any atom is 0.266 e. The molecule has 3 rings (SSSR count). The average molecular weight is 264 g/mol. The van der Waals surface area contributed by atoms with Gasteiger partial charge in [-0.2, -0.15) is 4.98 Å². The molecule has 2 atom stereocenters. The molecule has 1 aliphatic heterocycles. The fourth-order valence-electron chi connectivity index (χ4n) is 3.36. The van der Waals surface area contributed by atoms with Gasteiger partial charge in [-0.15, -0.1) is 0 Å². The van der Waals surface area contributed by atoms with E-state index < -0.39 is 0 Å². The Morgan fingerprint density at radius 3 is 2.84 bits per heavy atom.